The van der Waals surface area contributed by atoms with Crippen LogP contribution in [0.3, 0.4) is 0 Å². The second-order valence-corrected chi connectivity index (χ2v) is 3.93. The van der Waals surface area contributed by atoms with E-state index in [1.54, 1.807) is 18.3 Å². The molecule has 0 spiro atoms. The smallest absolute Gasteiger partial charge is 0.293 e. The summed E-state index contributed by atoms with van der Waals surface area (Å²) in [5.74, 6) is 0. The number of rotatable bonds is 2. The Bertz CT molecular complexity index is 210. The number of thiazole rings is 1. The van der Waals surface area contributed by atoms with Crippen LogP contribution in [0.5, 0.6) is 0 Å². The summed E-state index contributed by atoms with van der Waals surface area (Å²) in [4.78, 5) is 13.2. The lowest BCUT2D eigenvalue weighted by Crippen LogP contribution is -1.80. The van der Waals surface area contributed by atoms with Gasteiger partial charge in [-0.2, -0.15) is 0 Å². The van der Waals surface area contributed by atoms with Crippen LogP contribution in [0.2, 0.25) is 0 Å². The average Bonchev–Trinajstić information content (AvgIpc) is 2.38. The fraction of sp³-hybridized carbons (Fsp3) is 0.429. The molecule has 0 fully saturated rings. The highest BCUT2D eigenvalue weighted by atomic mass is 79.9. The van der Waals surface area contributed by atoms with Gasteiger partial charge in [0.2, 0.25) is 0 Å². The van der Waals surface area contributed by atoms with Gasteiger partial charge in [-0.3, -0.25) is 4.79 Å². The van der Waals surface area contributed by atoms with Gasteiger partial charge in [-0.05, 0) is 29.8 Å². The third kappa shape index (κ3) is 6.30. The molecule has 1 rings (SSSR count). The van der Waals surface area contributed by atoms with Gasteiger partial charge in [0.05, 0.1) is 6.61 Å². The first-order valence-electron chi connectivity index (χ1n) is 3.33. The van der Waals surface area contributed by atoms with Crippen molar-refractivity contribution in [3.8, 4) is 0 Å². The fourth-order valence-corrected chi connectivity index (χ4v) is 1.47. The normalized spacial score (nSPS) is 8.25. The molecule has 0 amide bonds. The molecule has 12 heavy (non-hydrogen) atoms. The fourth-order valence-electron chi connectivity index (χ4n) is 0.393. The molecule has 0 aliphatic rings. The van der Waals surface area contributed by atoms with E-state index in [1.165, 1.54) is 0 Å². The van der Waals surface area contributed by atoms with E-state index in [4.69, 9.17) is 0 Å². The van der Waals surface area contributed by atoms with Crippen molar-refractivity contribution in [2.24, 2.45) is 0 Å². The molecule has 0 atom stereocenters. The monoisotopic (exact) mass is 251 g/mol. The Labute approximate surface area is 83.9 Å². The molecule has 1 aromatic rings. The molecule has 3 nitrogen and oxygen atoms in total. The molecule has 68 valence electrons. The van der Waals surface area contributed by atoms with Crippen molar-refractivity contribution in [2.75, 3.05) is 6.61 Å². The Morgan fingerprint density at radius 1 is 1.83 bits per heavy atom. The zero-order valence-electron chi connectivity index (χ0n) is 6.91. The zero-order chi connectivity index (χ0) is 9.40. The van der Waals surface area contributed by atoms with Crippen LogP contribution < -0.4 is 0 Å². The minimum Gasteiger partial charge on any atom is -0.468 e. The number of carbonyl (C=O) groups excluding carboxylic acids is 1. The predicted octanol–water partition coefficient (Wildman–Crippen LogP) is 2.39. The topological polar surface area (TPSA) is 39.2 Å². The summed E-state index contributed by atoms with van der Waals surface area (Å²) < 4.78 is 5.12. The first-order chi connectivity index (χ1) is 5.70. The van der Waals surface area contributed by atoms with Crippen LogP contribution in [0.4, 0.5) is 0 Å². The van der Waals surface area contributed by atoms with Gasteiger partial charge in [0.1, 0.15) is 0 Å². The Hall–Kier alpha value is -0.420. The number of aryl methyl sites for hydroxylation is 1. The molecule has 5 heteroatoms. The SMILES string of the molecule is CCOC=O.Cc1csc(Br)n1. The molecule has 1 heterocycles. The second-order valence-electron chi connectivity index (χ2n) is 1.79. The first-order valence-corrected chi connectivity index (χ1v) is 5.00. The van der Waals surface area contributed by atoms with Crippen molar-refractivity contribution in [3.63, 3.8) is 0 Å². The predicted molar refractivity (Wildman–Crippen MR) is 52.2 cm³/mol. The van der Waals surface area contributed by atoms with Gasteiger partial charge < -0.3 is 4.74 Å². The molecule has 0 aromatic carbocycles. The summed E-state index contributed by atoms with van der Waals surface area (Å²) in [5, 5.41) is 2.00. The summed E-state index contributed by atoms with van der Waals surface area (Å²) >= 11 is 4.85. The molecule has 0 unspecified atom stereocenters. The summed E-state index contributed by atoms with van der Waals surface area (Å²) in [6, 6.07) is 0. The van der Waals surface area contributed by atoms with Gasteiger partial charge in [0, 0.05) is 11.1 Å². The Morgan fingerprint density at radius 2 is 2.50 bits per heavy atom. The summed E-state index contributed by atoms with van der Waals surface area (Å²) in [6.07, 6.45) is 0. The van der Waals surface area contributed by atoms with E-state index in [0.29, 0.717) is 13.1 Å². The number of hydrogen-bond donors (Lipinski definition) is 0. The van der Waals surface area contributed by atoms with Gasteiger partial charge in [-0.15, -0.1) is 11.3 Å². The molecule has 0 N–H and O–H groups in total. The van der Waals surface area contributed by atoms with E-state index >= 15 is 0 Å². The molecule has 0 aliphatic heterocycles. The van der Waals surface area contributed by atoms with Crippen molar-refractivity contribution in [3.05, 3.63) is 15.0 Å². The van der Waals surface area contributed by atoms with Crippen molar-refractivity contribution >= 4 is 33.7 Å². The van der Waals surface area contributed by atoms with Crippen LogP contribution in [0.25, 0.3) is 0 Å². The van der Waals surface area contributed by atoms with Crippen molar-refractivity contribution in [1.82, 2.24) is 4.98 Å². The van der Waals surface area contributed by atoms with Crippen molar-refractivity contribution < 1.29 is 9.53 Å². The maximum Gasteiger partial charge on any atom is 0.293 e. The number of halogens is 1. The Balaban J connectivity index is 0.000000217. The zero-order valence-corrected chi connectivity index (χ0v) is 9.31. The van der Waals surface area contributed by atoms with E-state index in [-0.39, 0.29) is 0 Å². The third-order valence-corrected chi connectivity index (χ3v) is 2.31. The van der Waals surface area contributed by atoms with E-state index in [1.807, 2.05) is 12.3 Å². The van der Waals surface area contributed by atoms with Crippen LogP contribution >= 0.6 is 27.3 Å². The van der Waals surface area contributed by atoms with E-state index in [9.17, 15) is 4.79 Å². The molecular formula is C7H10BrNO2S. The standard InChI is InChI=1S/C4H4BrNS.C3H6O2/c1-3-2-7-4(5)6-3;1-2-5-3-4/h2H,1H3;3H,2H2,1H3. The van der Waals surface area contributed by atoms with Crippen molar-refractivity contribution in [1.29, 1.82) is 0 Å². The van der Waals surface area contributed by atoms with Gasteiger partial charge >= 0.3 is 0 Å². The summed E-state index contributed by atoms with van der Waals surface area (Å²) in [6.45, 7) is 4.64. The molecule has 0 radical (unpaired) electrons. The molecule has 0 saturated heterocycles. The lowest BCUT2D eigenvalue weighted by atomic mass is 10.6. The third-order valence-electron chi connectivity index (χ3n) is 0.826. The van der Waals surface area contributed by atoms with Gasteiger partial charge in [-0.1, -0.05) is 0 Å². The average molecular weight is 252 g/mol. The molecule has 0 aliphatic carbocycles. The minimum atomic E-state index is 0.431. The van der Waals surface area contributed by atoms with E-state index < -0.39 is 0 Å². The maximum absolute atomic E-state index is 9.18. The molecule has 0 bridgehead atoms. The van der Waals surface area contributed by atoms with E-state index in [0.717, 1.165) is 9.61 Å². The Kier molecular flexibility index (Phi) is 6.99. The number of nitrogens with zero attached hydrogens (tertiary/aromatic N) is 1. The quantitative estimate of drug-likeness (QED) is 0.758. The highest BCUT2D eigenvalue weighted by Gasteiger charge is 1.88. The molecular weight excluding hydrogens is 242 g/mol. The second kappa shape index (κ2) is 7.24. The lowest BCUT2D eigenvalue weighted by Gasteiger charge is -1.79. The van der Waals surface area contributed by atoms with Crippen LogP contribution in [0.15, 0.2) is 9.30 Å². The highest BCUT2D eigenvalue weighted by molar-refractivity contribution is 9.11. The first kappa shape index (κ1) is 11.6. The van der Waals surface area contributed by atoms with Gasteiger partial charge in [-0.25, -0.2) is 4.98 Å². The number of hydrogen-bond acceptors (Lipinski definition) is 4. The lowest BCUT2D eigenvalue weighted by molar-refractivity contribution is -0.128. The number of carbonyl (C=O) groups is 1. The largest absolute Gasteiger partial charge is 0.468 e. The molecule has 0 saturated carbocycles. The van der Waals surface area contributed by atoms with Crippen LogP contribution in [0.1, 0.15) is 12.6 Å². The van der Waals surface area contributed by atoms with Gasteiger partial charge in [0.25, 0.3) is 6.47 Å². The van der Waals surface area contributed by atoms with Crippen LogP contribution in [-0.2, 0) is 9.53 Å². The number of ether oxygens (including phenoxy) is 1. The number of aromatic nitrogens is 1. The van der Waals surface area contributed by atoms with Crippen LogP contribution in [-0.4, -0.2) is 18.1 Å². The van der Waals surface area contributed by atoms with E-state index in [2.05, 4.69) is 25.7 Å². The minimum absolute atomic E-state index is 0.431. The molecule has 1 aromatic heterocycles. The van der Waals surface area contributed by atoms with Crippen LogP contribution in [0, 0.1) is 6.92 Å². The van der Waals surface area contributed by atoms with Gasteiger partial charge in [0.15, 0.2) is 3.92 Å². The Morgan fingerprint density at radius 3 is 2.58 bits per heavy atom. The maximum atomic E-state index is 9.18. The highest BCUT2D eigenvalue weighted by Crippen LogP contribution is 2.14. The summed E-state index contributed by atoms with van der Waals surface area (Å²) in [7, 11) is 0. The van der Waals surface area contributed by atoms with Crippen molar-refractivity contribution in [2.45, 2.75) is 13.8 Å². The summed E-state index contributed by atoms with van der Waals surface area (Å²) in [5.41, 5.74) is 1.08.